The highest BCUT2D eigenvalue weighted by atomic mass is 16.2. The lowest BCUT2D eigenvalue weighted by molar-refractivity contribution is -0.116. The minimum Gasteiger partial charge on any atom is -0.352 e. The Hall–Kier alpha value is -3.95. The van der Waals surface area contributed by atoms with Crippen molar-refractivity contribution in [3.63, 3.8) is 0 Å². The number of carbonyl (C=O) groups excluding carboxylic acids is 2. The van der Waals surface area contributed by atoms with Crippen LogP contribution in [-0.4, -0.2) is 32.1 Å². The summed E-state index contributed by atoms with van der Waals surface area (Å²) < 4.78 is 2.28. The minimum atomic E-state index is -0.920. The Morgan fingerprint density at radius 1 is 0.967 bits per heavy atom. The van der Waals surface area contributed by atoms with Crippen molar-refractivity contribution in [2.24, 2.45) is 0 Å². The summed E-state index contributed by atoms with van der Waals surface area (Å²) >= 11 is 0. The first kappa shape index (κ1) is 22.3. The Morgan fingerprint density at radius 2 is 1.53 bits per heavy atom. The van der Waals surface area contributed by atoms with Crippen molar-refractivity contribution in [1.82, 2.24) is 19.0 Å². The number of benzene rings is 1. The van der Waals surface area contributed by atoms with E-state index >= 15 is 0 Å². The number of hydrogen-bond donors (Lipinski definition) is 2. The fraction of sp³-hybridized carbons (Fsp3) is 0.250. The molecule has 0 bridgehead atoms. The van der Waals surface area contributed by atoms with Gasteiger partial charge in [-0.3, -0.25) is 9.59 Å². The van der Waals surface area contributed by atoms with Crippen LogP contribution < -0.4 is 27.7 Å². The Bertz CT molecular complexity index is 1110. The molecule has 2 aromatic rings. The maximum atomic E-state index is 12.6. The molecule has 2 rings (SSSR count). The molecule has 1 aromatic carbocycles. The molecule has 2 N–H and O–H groups in total. The standard InChI is InChI=1S/C20H23N5O5/c1-4-10-23-18(28)24(11-5-2)20(30)25(19(23)29)13-16(26)22-15-9-7-8-14(12-15)17(27)21-6-3/h4-5,7-9,12H,1-2,6,10-11,13H2,3H3,(H,21,27)(H,22,26). The summed E-state index contributed by atoms with van der Waals surface area (Å²) in [4.78, 5) is 61.9. The van der Waals surface area contributed by atoms with Crippen LogP contribution >= 0.6 is 0 Å². The van der Waals surface area contributed by atoms with Gasteiger partial charge in [0.1, 0.15) is 6.54 Å². The molecule has 0 atom stereocenters. The third kappa shape index (κ3) is 4.90. The molecule has 10 heteroatoms. The molecular formula is C20H23N5O5. The highest BCUT2D eigenvalue weighted by molar-refractivity contribution is 5.97. The zero-order valence-corrected chi connectivity index (χ0v) is 16.6. The average molecular weight is 413 g/mol. The molecule has 0 radical (unpaired) electrons. The fourth-order valence-electron chi connectivity index (χ4n) is 2.73. The number of aromatic nitrogens is 3. The van der Waals surface area contributed by atoms with Crippen molar-refractivity contribution in [2.45, 2.75) is 26.6 Å². The van der Waals surface area contributed by atoms with Crippen molar-refractivity contribution in [3.05, 3.63) is 86.6 Å². The number of amides is 2. The van der Waals surface area contributed by atoms with Crippen molar-refractivity contribution in [2.75, 3.05) is 11.9 Å². The number of allylic oxidation sites excluding steroid dienone is 2. The van der Waals surface area contributed by atoms with Gasteiger partial charge in [0.15, 0.2) is 0 Å². The summed E-state index contributed by atoms with van der Waals surface area (Å²) in [7, 11) is 0. The lowest BCUT2D eigenvalue weighted by Crippen LogP contribution is -2.55. The van der Waals surface area contributed by atoms with Crippen LogP contribution in [0.5, 0.6) is 0 Å². The third-order valence-corrected chi connectivity index (χ3v) is 4.06. The molecule has 0 spiro atoms. The molecular weight excluding hydrogens is 390 g/mol. The van der Waals surface area contributed by atoms with Crippen molar-refractivity contribution in [1.29, 1.82) is 0 Å². The number of hydrogen-bond acceptors (Lipinski definition) is 5. The van der Waals surface area contributed by atoms with E-state index in [1.165, 1.54) is 18.2 Å². The van der Waals surface area contributed by atoms with E-state index in [-0.39, 0.29) is 19.0 Å². The Labute approximate surface area is 171 Å². The van der Waals surface area contributed by atoms with Crippen molar-refractivity contribution >= 4 is 17.5 Å². The Balaban J connectivity index is 2.36. The molecule has 30 heavy (non-hydrogen) atoms. The van der Waals surface area contributed by atoms with Crippen LogP contribution in [0.3, 0.4) is 0 Å². The molecule has 10 nitrogen and oxygen atoms in total. The molecule has 0 saturated heterocycles. The van der Waals surface area contributed by atoms with Gasteiger partial charge in [0, 0.05) is 17.8 Å². The van der Waals surface area contributed by atoms with E-state index in [0.29, 0.717) is 22.4 Å². The van der Waals surface area contributed by atoms with Crippen LogP contribution in [0.25, 0.3) is 0 Å². The van der Waals surface area contributed by atoms with Crippen LogP contribution in [0.15, 0.2) is 64.0 Å². The van der Waals surface area contributed by atoms with Gasteiger partial charge in [-0.15, -0.1) is 13.2 Å². The van der Waals surface area contributed by atoms with Crippen LogP contribution in [0.2, 0.25) is 0 Å². The smallest absolute Gasteiger partial charge is 0.337 e. The molecule has 1 aromatic heterocycles. The lowest BCUT2D eigenvalue weighted by atomic mass is 10.2. The summed E-state index contributed by atoms with van der Waals surface area (Å²) in [5, 5.41) is 5.19. The quantitative estimate of drug-likeness (QED) is 0.557. The van der Waals surface area contributed by atoms with E-state index in [1.807, 2.05) is 0 Å². The minimum absolute atomic E-state index is 0.120. The highest BCUT2D eigenvalue weighted by Gasteiger charge is 2.17. The second kappa shape index (κ2) is 10.0. The maximum Gasteiger partial charge on any atom is 0.337 e. The average Bonchev–Trinajstić information content (AvgIpc) is 2.72. The van der Waals surface area contributed by atoms with Gasteiger partial charge in [-0.05, 0) is 25.1 Å². The topological polar surface area (TPSA) is 124 Å². The Morgan fingerprint density at radius 3 is 2.07 bits per heavy atom. The first-order valence-electron chi connectivity index (χ1n) is 9.18. The second-order valence-electron chi connectivity index (χ2n) is 6.22. The van der Waals surface area contributed by atoms with E-state index in [4.69, 9.17) is 0 Å². The van der Waals surface area contributed by atoms with Gasteiger partial charge >= 0.3 is 17.1 Å². The van der Waals surface area contributed by atoms with Crippen LogP contribution in [0.4, 0.5) is 5.69 Å². The van der Waals surface area contributed by atoms with E-state index in [1.54, 1.807) is 25.1 Å². The first-order valence-corrected chi connectivity index (χ1v) is 9.18. The summed E-state index contributed by atoms with van der Waals surface area (Å²) in [5.41, 5.74) is -1.98. The summed E-state index contributed by atoms with van der Waals surface area (Å²) in [5.74, 6) is -0.968. The fourth-order valence-corrected chi connectivity index (χ4v) is 2.73. The lowest BCUT2D eigenvalue weighted by Gasteiger charge is -2.12. The van der Waals surface area contributed by atoms with Crippen molar-refractivity contribution in [3.8, 4) is 0 Å². The van der Waals surface area contributed by atoms with Gasteiger partial charge in [0.25, 0.3) is 5.91 Å². The van der Waals surface area contributed by atoms with Crippen LogP contribution in [0, 0.1) is 0 Å². The van der Waals surface area contributed by atoms with Gasteiger partial charge in [-0.2, -0.15) is 0 Å². The molecule has 0 saturated carbocycles. The highest BCUT2D eigenvalue weighted by Crippen LogP contribution is 2.10. The third-order valence-electron chi connectivity index (χ3n) is 4.06. The van der Waals surface area contributed by atoms with Gasteiger partial charge in [0.2, 0.25) is 5.91 Å². The first-order chi connectivity index (χ1) is 14.3. The molecule has 0 aliphatic rings. The second-order valence-corrected chi connectivity index (χ2v) is 6.22. The number of rotatable bonds is 9. The van der Waals surface area contributed by atoms with Crippen LogP contribution in [0.1, 0.15) is 17.3 Å². The van der Waals surface area contributed by atoms with Gasteiger partial charge in [0.05, 0.1) is 13.1 Å². The zero-order valence-electron chi connectivity index (χ0n) is 16.6. The van der Waals surface area contributed by atoms with E-state index in [9.17, 15) is 24.0 Å². The van der Waals surface area contributed by atoms with Gasteiger partial charge in [-0.25, -0.2) is 28.1 Å². The van der Waals surface area contributed by atoms with E-state index in [0.717, 1.165) is 9.13 Å². The SMILES string of the molecule is C=CCn1c(=O)n(CC=C)c(=O)n(CC(=O)Nc2cccc(C(=O)NCC)c2)c1=O. The zero-order chi connectivity index (χ0) is 22.3. The normalized spacial score (nSPS) is 10.3. The molecule has 2 amide bonds. The van der Waals surface area contributed by atoms with E-state index in [2.05, 4.69) is 23.8 Å². The van der Waals surface area contributed by atoms with Crippen molar-refractivity contribution < 1.29 is 9.59 Å². The monoisotopic (exact) mass is 413 g/mol. The summed E-state index contributed by atoms with van der Waals surface area (Å²) in [6.07, 6.45) is 2.67. The Kier molecular flexibility index (Phi) is 7.45. The van der Waals surface area contributed by atoms with Crippen LogP contribution in [-0.2, 0) is 24.4 Å². The number of nitrogens with one attached hydrogen (secondary N) is 2. The summed E-state index contributed by atoms with van der Waals surface area (Å²) in [6, 6.07) is 6.22. The summed E-state index contributed by atoms with van der Waals surface area (Å²) in [6.45, 7) is 8.37. The molecule has 0 aliphatic carbocycles. The predicted octanol–water partition coefficient (Wildman–Crippen LogP) is -0.0679. The number of anilines is 1. The van der Waals surface area contributed by atoms with E-state index < -0.39 is 29.5 Å². The molecule has 0 unspecified atom stereocenters. The number of nitrogens with zero attached hydrogens (tertiary/aromatic N) is 3. The largest absolute Gasteiger partial charge is 0.352 e. The molecule has 0 fully saturated rings. The number of carbonyl (C=O) groups is 2. The molecule has 158 valence electrons. The van der Waals surface area contributed by atoms with Gasteiger partial charge < -0.3 is 10.6 Å². The molecule has 1 heterocycles. The molecule has 0 aliphatic heterocycles. The maximum absolute atomic E-state index is 12.6. The predicted molar refractivity (Wildman–Crippen MR) is 113 cm³/mol. The van der Waals surface area contributed by atoms with Gasteiger partial charge in [-0.1, -0.05) is 18.2 Å².